The Morgan fingerprint density at radius 3 is 1.85 bits per heavy atom. The lowest BCUT2D eigenvalue weighted by atomic mass is 10.2. The third kappa shape index (κ3) is 12.0. The Labute approximate surface area is 163 Å². The first kappa shape index (κ1) is 22.9. The quantitative estimate of drug-likeness (QED) is 0.239. The van der Waals surface area contributed by atoms with Crippen LogP contribution in [0.2, 0.25) is 0 Å². The molecule has 0 amide bonds. The zero-order valence-corrected chi connectivity index (χ0v) is 16.1. The standard InChI is InChI=1S/C22H31NO4/c1-4-11-23(12-5-2)13-14-24-15-16-25-17-18-26-19-20-27-22-9-7-21(6-3)8-10-22/h3-5,7-10H,1-2,11-20H2. The Kier molecular flexibility index (Phi) is 13.7. The minimum atomic E-state index is 0.491. The first-order chi connectivity index (χ1) is 13.3. The van der Waals surface area contributed by atoms with Gasteiger partial charge in [0.25, 0.3) is 0 Å². The van der Waals surface area contributed by atoms with Crippen LogP contribution in [-0.2, 0) is 14.2 Å². The average Bonchev–Trinajstić information content (AvgIpc) is 2.69. The van der Waals surface area contributed by atoms with Crippen LogP contribution in [0.3, 0.4) is 0 Å². The summed E-state index contributed by atoms with van der Waals surface area (Å²) in [7, 11) is 0. The predicted molar refractivity (Wildman–Crippen MR) is 109 cm³/mol. The van der Waals surface area contributed by atoms with Gasteiger partial charge in [-0.3, -0.25) is 4.90 Å². The third-order valence-electron chi connectivity index (χ3n) is 3.59. The number of hydrogen-bond acceptors (Lipinski definition) is 5. The van der Waals surface area contributed by atoms with Crippen LogP contribution in [0.5, 0.6) is 5.75 Å². The van der Waals surface area contributed by atoms with E-state index in [1.165, 1.54) is 0 Å². The van der Waals surface area contributed by atoms with Gasteiger partial charge in [0.1, 0.15) is 12.4 Å². The Bertz CT molecular complexity index is 540. The third-order valence-corrected chi connectivity index (χ3v) is 3.59. The first-order valence-corrected chi connectivity index (χ1v) is 9.17. The van der Waals surface area contributed by atoms with Crippen LogP contribution < -0.4 is 4.74 Å². The van der Waals surface area contributed by atoms with Gasteiger partial charge >= 0.3 is 0 Å². The molecule has 0 aliphatic carbocycles. The first-order valence-electron chi connectivity index (χ1n) is 9.17. The summed E-state index contributed by atoms with van der Waals surface area (Å²) in [5, 5.41) is 0. The highest BCUT2D eigenvalue weighted by atomic mass is 16.6. The molecule has 1 aromatic rings. The van der Waals surface area contributed by atoms with Crippen LogP contribution >= 0.6 is 0 Å². The molecule has 0 N–H and O–H groups in total. The van der Waals surface area contributed by atoms with Gasteiger partial charge in [-0.2, -0.15) is 0 Å². The van der Waals surface area contributed by atoms with Crippen molar-refractivity contribution >= 4 is 0 Å². The van der Waals surface area contributed by atoms with Crippen LogP contribution in [0.1, 0.15) is 5.56 Å². The van der Waals surface area contributed by atoms with Crippen molar-refractivity contribution in [2.45, 2.75) is 0 Å². The maximum absolute atomic E-state index is 5.56. The Morgan fingerprint density at radius 1 is 0.815 bits per heavy atom. The minimum absolute atomic E-state index is 0.491. The van der Waals surface area contributed by atoms with Crippen molar-refractivity contribution in [3.05, 3.63) is 55.1 Å². The number of hydrogen-bond donors (Lipinski definition) is 0. The van der Waals surface area contributed by atoms with E-state index in [0.29, 0.717) is 46.2 Å². The van der Waals surface area contributed by atoms with E-state index in [2.05, 4.69) is 24.0 Å². The number of rotatable bonds is 17. The van der Waals surface area contributed by atoms with Crippen molar-refractivity contribution in [1.82, 2.24) is 4.90 Å². The van der Waals surface area contributed by atoms with E-state index < -0.39 is 0 Å². The minimum Gasteiger partial charge on any atom is -0.491 e. The monoisotopic (exact) mass is 373 g/mol. The van der Waals surface area contributed by atoms with E-state index in [1.54, 1.807) is 0 Å². The van der Waals surface area contributed by atoms with Gasteiger partial charge in [-0.1, -0.05) is 18.1 Å². The Balaban J connectivity index is 1.88. The fourth-order valence-electron chi connectivity index (χ4n) is 2.22. The number of benzene rings is 1. The van der Waals surface area contributed by atoms with Crippen molar-refractivity contribution in [2.75, 3.05) is 65.9 Å². The second-order valence-corrected chi connectivity index (χ2v) is 5.69. The van der Waals surface area contributed by atoms with Crippen LogP contribution in [0.4, 0.5) is 0 Å². The van der Waals surface area contributed by atoms with Crippen molar-refractivity contribution in [3.8, 4) is 18.1 Å². The van der Waals surface area contributed by atoms with Crippen molar-refractivity contribution < 1.29 is 18.9 Å². The fourth-order valence-corrected chi connectivity index (χ4v) is 2.22. The van der Waals surface area contributed by atoms with Gasteiger partial charge < -0.3 is 18.9 Å². The number of nitrogens with zero attached hydrogens (tertiary/aromatic N) is 1. The summed E-state index contributed by atoms with van der Waals surface area (Å²) < 4.78 is 22.1. The molecule has 0 fully saturated rings. The van der Waals surface area contributed by atoms with E-state index in [0.717, 1.165) is 30.9 Å². The molecule has 5 nitrogen and oxygen atoms in total. The molecule has 0 aliphatic heterocycles. The molecule has 5 heteroatoms. The SMILES string of the molecule is C#Cc1ccc(OCCOCCOCCOCCN(CC=C)CC=C)cc1. The molecule has 0 bridgehead atoms. The van der Waals surface area contributed by atoms with Crippen molar-refractivity contribution in [3.63, 3.8) is 0 Å². The lowest BCUT2D eigenvalue weighted by Gasteiger charge is -2.18. The molecule has 0 atom stereocenters. The molecule has 148 valence electrons. The maximum Gasteiger partial charge on any atom is 0.119 e. The van der Waals surface area contributed by atoms with E-state index in [-0.39, 0.29) is 0 Å². The second-order valence-electron chi connectivity index (χ2n) is 5.69. The molecule has 0 unspecified atom stereocenters. The summed E-state index contributed by atoms with van der Waals surface area (Å²) >= 11 is 0. The van der Waals surface area contributed by atoms with Gasteiger partial charge in [-0.15, -0.1) is 19.6 Å². The normalized spacial score (nSPS) is 10.5. The summed E-state index contributed by atoms with van der Waals surface area (Å²) in [5.74, 6) is 3.35. The lowest BCUT2D eigenvalue weighted by molar-refractivity contribution is 0.00677. The molecule has 1 rings (SSSR count). The summed E-state index contributed by atoms with van der Waals surface area (Å²) in [5.41, 5.74) is 0.839. The molecule has 0 radical (unpaired) electrons. The van der Waals surface area contributed by atoms with E-state index in [4.69, 9.17) is 25.4 Å². The molecule has 0 saturated carbocycles. The highest BCUT2D eigenvalue weighted by molar-refractivity contribution is 5.36. The molecule has 0 aliphatic rings. The summed E-state index contributed by atoms with van der Waals surface area (Å²) in [6, 6.07) is 7.41. The van der Waals surface area contributed by atoms with Crippen LogP contribution in [0.15, 0.2) is 49.6 Å². The highest BCUT2D eigenvalue weighted by Gasteiger charge is 2.00. The molecule has 27 heavy (non-hydrogen) atoms. The average molecular weight is 373 g/mol. The zero-order valence-electron chi connectivity index (χ0n) is 16.1. The fraction of sp³-hybridized carbons (Fsp3) is 0.455. The Hall–Kier alpha value is -2.10. The molecular weight excluding hydrogens is 342 g/mol. The number of ether oxygens (including phenoxy) is 4. The molecule has 1 aromatic carbocycles. The highest BCUT2D eigenvalue weighted by Crippen LogP contribution is 2.11. The summed E-state index contributed by atoms with van der Waals surface area (Å²) in [6.07, 6.45) is 9.07. The second kappa shape index (κ2) is 16.1. The van der Waals surface area contributed by atoms with Crippen molar-refractivity contribution in [2.24, 2.45) is 0 Å². The largest absolute Gasteiger partial charge is 0.491 e. The maximum atomic E-state index is 5.56. The lowest BCUT2D eigenvalue weighted by Crippen LogP contribution is -2.28. The molecule has 0 spiro atoms. The van der Waals surface area contributed by atoms with E-state index in [9.17, 15) is 0 Å². The predicted octanol–water partition coefficient (Wildman–Crippen LogP) is 2.77. The molecular formula is C22H31NO4. The molecule has 0 aromatic heterocycles. The van der Waals surface area contributed by atoms with Crippen LogP contribution in [0.25, 0.3) is 0 Å². The Morgan fingerprint density at radius 2 is 1.33 bits per heavy atom. The van der Waals surface area contributed by atoms with E-state index >= 15 is 0 Å². The number of terminal acetylenes is 1. The zero-order chi connectivity index (χ0) is 19.6. The van der Waals surface area contributed by atoms with Crippen LogP contribution in [-0.4, -0.2) is 70.8 Å². The van der Waals surface area contributed by atoms with Gasteiger partial charge in [0.15, 0.2) is 0 Å². The van der Waals surface area contributed by atoms with Gasteiger partial charge in [0, 0.05) is 25.2 Å². The van der Waals surface area contributed by atoms with Gasteiger partial charge in [-0.05, 0) is 24.3 Å². The van der Waals surface area contributed by atoms with Crippen molar-refractivity contribution in [1.29, 1.82) is 0 Å². The topological polar surface area (TPSA) is 40.2 Å². The summed E-state index contributed by atoms with van der Waals surface area (Å²) in [6.45, 7) is 13.9. The van der Waals surface area contributed by atoms with Gasteiger partial charge in [-0.25, -0.2) is 0 Å². The molecule has 0 heterocycles. The van der Waals surface area contributed by atoms with E-state index in [1.807, 2.05) is 36.4 Å². The molecule has 0 saturated heterocycles. The smallest absolute Gasteiger partial charge is 0.119 e. The van der Waals surface area contributed by atoms with Gasteiger partial charge in [0.2, 0.25) is 0 Å². The van der Waals surface area contributed by atoms with Crippen LogP contribution in [0, 0.1) is 12.3 Å². The summed E-state index contributed by atoms with van der Waals surface area (Å²) in [4.78, 5) is 2.21. The van der Waals surface area contributed by atoms with Gasteiger partial charge in [0.05, 0.1) is 39.6 Å².